The van der Waals surface area contributed by atoms with Crippen LogP contribution in [0, 0.1) is 11.5 Å². The van der Waals surface area contributed by atoms with Crippen molar-refractivity contribution in [2.45, 2.75) is 19.3 Å². The number of isocyanates is 1. The highest BCUT2D eigenvalue weighted by molar-refractivity contribution is 5.93. The number of hydrogen-bond acceptors (Lipinski definition) is 8. The first-order chi connectivity index (χ1) is 26.6. The highest BCUT2D eigenvalue weighted by Crippen LogP contribution is 2.39. The first kappa shape index (κ1) is 38.9. The van der Waals surface area contributed by atoms with Crippen molar-refractivity contribution < 1.29 is 28.7 Å². The molecule has 0 fully saturated rings. The first-order valence-electron chi connectivity index (χ1n) is 17.4. The molecule has 0 aliphatic heterocycles. The van der Waals surface area contributed by atoms with Crippen LogP contribution in [0.5, 0.6) is 5.75 Å². The number of ether oxygens (including phenoxy) is 1. The Morgan fingerprint density at radius 3 is 1.73 bits per heavy atom. The van der Waals surface area contributed by atoms with Gasteiger partial charge in [-0.15, -0.1) is 5.26 Å². The van der Waals surface area contributed by atoms with Crippen LogP contribution in [-0.4, -0.2) is 80.3 Å². The molecular weight excluding hydrogens is 704 g/mol. The average Bonchev–Trinajstić information content (AvgIpc) is 3.52. The minimum absolute atomic E-state index is 0.323. The summed E-state index contributed by atoms with van der Waals surface area (Å²) in [7, 11) is 3.29. The van der Waals surface area contributed by atoms with Crippen molar-refractivity contribution in [3.63, 3.8) is 0 Å². The second-order valence-electron chi connectivity index (χ2n) is 12.6. The molecule has 1 aliphatic carbocycles. The van der Waals surface area contributed by atoms with Gasteiger partial charge in [-0.1, -0.05) is 24.3 Å². The van der Waals surface area contributed by atoms with Gasteiger partial charge in [0.25, 0.3) is 6.26 Å². The third kappa shape index (κ3) is 11.3. The Balaban J connectivity index is 0.996. The minimum Gasteiger partial charge on any atom is -0.388 e. The van der Waals surface area contributed by atoms with E-state index in [0.29, 0.717) is 79.6 Å². The lowest BCUT2D eigenvalue weighted by Gasteiger charge is -2.18. The molecule has 0 radical (unpaired) electrons. The molecule has 0 heterocycles. The quantitative estimate of drug-likeness (QED) is 0.0324. The van der Waals surface area contributed by atoms with Crippen LogP contribution in [0.4, 0.5) is 47.6 Å². The number of nitrogens with zero attached hydrogens (tertiary/aromatic N) is 4. The van der Waals surface area contributed by atoms with Gasteiger partial charge < -0.3 is 46.4 Å². The number of rotatable bonds is 14. The number of amides is 8. The van der Waals surface area contributed by atoms with Crippen molar-refractivity contribution in [1.82, 2.24) is 20.4 Å². The van der Waals surface area contributed by atoms with Crippen LogP contribution >= 0.6 is 0 Å². The number of carbonyl (C=O) groups is 4. The van der Waals surface area contributed by atoms with Crippen LogP contribution in [0.15, 0.2) is 89.9 Å². The van der Waals surface area contributed by atoms with Gasteiger partial charge in [-0.25, -0.2) is 24.0 Å². The second-order valence-corrected chi connectivity index (χ2v) is 12.6. The Labute approximate surface area is 317 Å². The smallest absolute Gasteiger partial charge is 0.321 e. The molecule has 0 bridgehead atoms. The van der Waals surface area contributed by atoms with Crippen molar-refractivity contribution in [1.29, 1.82) is 5.26 Å². The topological polar surface area (TPSA) is 209 Å². The largest absolute Gasteiger partial charge is 0.388 e. The SMILES string of the molecule is CN(CCCNC(=O)Nc1ccc2c(c1)Cc1cc(NC(=O)NCCCN(C)C(=O)Nc3cccc(OC#N)c3)ccc1-2)C(=O)Nc1cccc(N=C=O)c1. The summed E-state index contributed by atoms with van der Waals surface area (Å²) in [6, 6.07) is 23.1. The number of fused-ring (bicyclic) bond motifs is 3. The van der Waals surface area contributed by atoms with E-state index in [9.17, 15) is 24.0 Å². The molecule has 8 amide bonds. The van der Waals surface area contributed by atoms with E-state index in [0.717, 1.165) is 22.3 Å². The van der Waals surface area contributed by atoms with Crippen molar-refractivity contribution >= 4 is 58.6 Å². The summed E-state index contributed by atoms with van der Waals surface area (Å²) in [6.07, 6.45) is 4.74. The molecule has 55 heavy (non-hydrogen) atoms. The lowest BCUT2D eigenvalue weighted by Crippen LogP contribution is -2.35. The van der Waals surface area contributed by atoms with E-state index in [1.54, 1.807) is 68.9 Å². The van der Waals surface area contributed by atoms with Crippen molar-refractivity contribution in [2.24, 2.45) is 4.99 Å². The Bertz CT molecular complexity index is 2150. The van der Waals surface area contributed by atoms with E-state index in [4.69, 9.17) is 10.00 Å². The maximum atomic E-state index is 12.6. The Hall–Kier alpha value is -7.37. The minimum atomic E-state index is -0.364. The van der Waals surface area contributed by atoms with Crippen LogP contribution in [0.1, 0.15) is 24.0 Å². The zero-order valence-corrected chi connectivity index (χ0v) is 30.3. The van der Waals surface area contributed by atoms with E-state index in [1.165, 1.54) is 15.9 Å². The second kappa shape index (κ2) is 18.9. The highest BCUT2D eigenvalue weighted by atomic mass is 16.5. The molecule has 0 saturated carbocycles. The van der Waals surface area contributed by atoms with Crippen molar-refractivity contribution in [2.75, 3.05) is 61.5 Å². The number of anilines is 4. The summed E-state index contributed by atoms with van der Waals surface area (Å²) >= 11 is 0. The summed E-state index contributed by atoms with van der Waals surface area (Å²) in [5.74, 6) is 0.323. The van der Waals surface area contributed by atoms with E-state index >= 15 is 0 Å². The molecule has 16 nitrogen and oxygen atoms in total. The summed E-state index contributed by atoms with van der Waals surface area (Å²) in [5, 5.41) is 25.5. The number of benzene rings is 4. The zero-order chi connectivity index (χ0) is 39.2. The molecule has 0 saturated heterocycles. The van der Waals surface area contributed by atoms with Gasteiger partial charge in [0, 0.05) is 69.1 Å². The maximum Gasteiger partial charge on any atom is 0.321 e. The number of nitriles is 1. The predicted octanol–water partition coefficient (Wildman–Crippen LogP) is 6.44. The fraction of sp³-hybridized carbons (Fsp3) is 0.231. The molecule has 4 aromatic rings. The van der Waals surface area contributed by atoms with E-state index in [2.05, 4.69) is 36.9 Å². The van der Waals surface area contributed by atoms with Crippen LogP contribution < -0.4 is 36.6 Å². The van der Waals surface area contributed by atoms with Gasteiger partial charge in [0.05, 0.1) is 5.69 Å². The molecule has 0 aromatic heterocycles. The lowest BCUT2D eigenvalue weighted by molar-refractivity contribution is 0.221. The van der Waals surface area contributed by atoms with Gasteiger partial charge >= 0.3 is 24.1 Å². The summed E-state index contributed by atoms with van der Waals surface area (Å²) < 4.78 is 4.79. The number of urea groups is 4. The Kier molecular flexibility index (Phi) is 13.4. The third-order valence-electron chi connectivity index (χ3n) is 8.52. The molecule has 0 spiro atoms. The zero-order valence-electron chi connectivity index (χ0n) is 30.3. The molecule has 1 aliphatic rings. The molecule has 0 unspecified atom stereocenters. The van der Waals surface area contributed by atoms with Crippen LogP contribution in [0.3, 0.4) is 0 Å². The predicted molar refractivity (Wildman–Crippen MR) is 208 cm³/mol. The molecule has 6 N–H and O–H groups in total. The van der Waals surface area contributed by atoms with E-state index < -0.39 is 0 Å². The van der Waals surface area contributed by atoms with Gasteiger partial charge in [0.15, 0.2) is 0 Å². The number of carbonyl (C=O) groups excluding carboxylic acids is 5. The number of nitrogens with one attached hydrogen (secondary N) is 6. The van der Waals surface area contributed by atoms with Crippen LogP contribution in [-0.2, 0) is 11.2 Å². The summed E-state index contributed by atoms with van der Waals surface area (Å²) in [5.41, 5.74) is 6.85. The maximum absolute atomic E-state index is 12.6. The monoisotopic (exact) mass is 744 g/mol. The van der Waals surface area contributed by atoms with Gasteiger partial charge in [-0.2, -0.15) is 4.99 Å². The molecule has 5 rings (SSSR count). The summed E-state index contributed by atoms with van der Waals surface area (Å²) in [4.78, 5) is 67.2. The Morgan fingerprint density at radius 2 is 1.20 bits per heavy atom. The fourth-order valence-electron chi connectivity index (χ4n) is 5.79. The average molecular weight is 745 g/mol. The Morgan fingerprint density at radius 1 is 0.691 bits per heavy atom. The van der Waals surface area contributed by atoms with Gasteiger partial charge in [-0.3, -0.25) is 0 Å². The molecule has 16 heteroatoms. The molecule has 282 valence electrons. The van der Waals surface area contributed by atoms with Crippen molar-refractivity contribution in [3.8, 4) is 23.1 Å². The normalized spacial score (nSPS) is 10.6. The molecule has 0 atom stereocenters. The number of aliphatic imine (C=N–C) groups is 1. The van der Waals surface area contributed by atoms with Gasteiger partial charge in [-0.05, 0) is 96.1 Å². The van der Waals surface area contributed by atoms with Crippen molar-refractivity contribution in [3.05, 3.63) is 96.1 Å². The molecular formula is C39H40N10O6. The number of hydrogen-bond donors (Lipinski definition) is 6. The first-order valence-corrected chi connectivity index (χ1v) is 17.4. The highest BCUT2D eigenvalue weighted by Gasteiger charge is 2.20. The van der Waals surface area contributed by atoms with Crippen LogP contribution in [0.2, 0.25) is 0 Å². The summed E-state index contributed by atoms with van der Waals surface area (Å²) in [6.45, 7) is 1.48. The standard InChI is InChI=1S/C39H40N10O6/c1-48(38(53)46-29-8-3-7-28(22-29)43-25-50)17-5-15-41-36(51)44-31-11-13-34-26(20-31)19-27-21-32(12-14-35(27)34)45-37(52)42-16-6-18-49(2)39(54)47-30-9-4-10-33(23-30)55-24-40/h3-4,7-14,20-23H,5-6,15-19H2,1-2H3,(H,46,53)(H,47,54)(H2,41,44,51)(H2,42,45,52). The van der Waals surface area contributed by atoms with E-state index in [-0.39, 0.29) is 24.1 Å². The van der Waals surface area contributed by atoms with Gasteiger partial charge in [0.2, 0.25) is 6.08 Å². The van der Waals surface area contributed by atoms with Crippen LogP contribution in [0.25, 0.3) is 11.1 Å². The van der Waals surface area contributed by atoms with Gasteiger partial charge in [0.1, 0.15) is 5.75 Å². The lowest BCUT2D eigenvalue weighted by atomic mass is 10.1. The molecule has 4 aromatic carbocycles. The van der Waals surface area contributed by atoms with E-state index in [1.807, 2.05) is 36.4 Å². The fourth-order valence-corrected chi connectivity index (χ4v) is 5.79. The third-order valence-corrected chi connectivity index (χ3v) is 8.52.